The number of rotatable bonds is 3. The molecule has 4 rings (SSSR count). The van der Waals surface area contributed by atoms with Gasteiger partial charge in [-0.05, 0) is 25.7 Å². The van der Waals surface area contributed by atoms with Gasteiger partial charge in [-0.1, -0.05) is 30.3 Å². The molecule has 2 aromatic rings. The second-order valence-electron chi connectivity index (χ2n) is 7.09. The summed E-state index contributed by atoms with van der Waals surface area (Å²) < 4.78 is 4.29. The Morgan fingerprint density at radius 2 is 1.96 bits per heavy atom. The number of amides is 5. The van der Waals surface area contributed by atoms with Gasteiger partial charge < -0.3 is 10.2 Å². The maximum absolute atomic E-state index is 12.5. The van der Waals surface area contributed by atoms with Crippen LogP contribution in [0.15, 0.2) is 30.3 Å². The molecular weight excluding hydrogens is 380 g/mol. The predicted molar refractivity (Wildman–Crippen MR) is 104 cm³/mol. The zero-order valence-electron chi connectivity index (χ0n) is 15.3. The summed E-state index contributed by atoms with van der Waals surface area (Å²) in [7, 11) is 0. The molecule has 10 heteroatoms. The molecular formula is C18H20N6O3S. The smallest absolute Gasteiger partial charge is 0.323 e. The summed E-state index contributed by atoms with van der Waals surface area (Å²) in [5.74, 6) is 0.257. The van der Waals surface area contributed by atoms with Crippen LogP contribution in [0.25, 0.3) is 11.4 Å². The van der Waals surface area contributed by atoms with Crippen LogP contribution in [0.1, 0.15) is 19.8 Å². The number of carbonyl (C=O) groups excluding carboxylic acids is 3. The molecule has 2 fully saturated rings. The van der Waals surface area contributed by atoms with Gasteiger partial charge in [-0.3, -0.25) is 15.4 Å². The minimum absolute atomic E-state index is 0.0192. The van der Waals surface area contributed by atoms with Crippen molar-refractivity contribution in [2.45, 2.75) is 25.3 Å². The first kappa shape index (κ1) is 18.4. The molecule has 1 atom stereocenters. The van der Waals surface area contributed by atoms with Gasteiger partial charge in [0.1, 0.15) is 5.54 Å². The molecule has 0 radical (unpaired) electrons. The molecule has 1 aromatic heterocycles. The molecule has 0 saturated carbocycles. The van der Waals surface area contributed by atoms with Crippen LogP contribution in [0.2, 0.25) is 0 Å². The lowest BCUT2D eigenvalue weighted by molar-refractivity contribution is -0.125. The Hall–Kier alpha value is -3.01. The Kier molecular flexibility index (Phi) is 4.71. The van der Waals surface area contributed by atoms with E-state index >= 15 is 0 Å². The van der Waals surface area contributed by atoms with Crippen molar-refractivity contribution in [3.63, 3.8) is 0 Å². The maximum atomic E-state index is 12.5. The van der Waals surface area contributed by atoms with E-state index in [0.717, 1.165) is 17.1 Å². The maximum Gasteiger partial charge on any atom is 0.323 e. The van der Waals surface area contributed by atoms with Gasteiger partial charge in [0.2, 0.25) is 5.13 Å². The van der Waals surface area contributed by atoms with Crippen LogP contribution < -0.4 is 16.0 Å². The van der Waals surface area contributed by atoms with E-state index in [1.165, 1.54) is 0 Å². The number of nitrogens with one attached hydrogen (secondary N) is 3. The minimum atomic E-state index is -0.913. The minimum Gasteiger partial charge on any atom is -0.324 e. The summed E-state index contributed by atoms with van der Waals surface area (Å²) in [6.45, 7) is 2.74. The molecule has 3 heterocycles. The van der Waals surface area contributed by atoms with Crippen molar-refractivity contribution in [2.75, 3.05) is 18.4 Å². The Balaban J connectivity index is 1.34. The van der Waals surface area contributed by atoms with Crippen LogP contribution in [0, 0.1) is 5.92 Å². The van der Waals surface area contributed by atoms with Gasteiger partial charge >= 0.3 is 12.1 Å². The third kappa shape index (κ3) is 3.42. The summed E-state index contributed by atoms with van der Waals surface area (Å²) in [6.07, 6.45) is 1.26. The first-order chi connectivity index (χ1) is 13.5. The van der Waals surface area contributed by atoms with E-state index in [1.54, 1.807) is 11.8 Å². The average Bonchev–Trinajstić information content (AvgIpc) is 3.27. The number of carbonyl (C=O) groups is 3. The molecule has 2 aliphatic heterocycles. The number of benzene rings is 1. The fourth-order valence-electron chi connectivity index (χ4n) is 3.65. The zero-order chi connectivity index (χ0) is 19.7. The van der Waals surface area contributed by atoms with Crippen LogP contribution in [-0.4, -0.2) is 50.9 Å². The number of aromatic nitrogens is 2. The molecule has 28 heavy (non-hydrogen) atoms. The summed E-state index contributed by atoms with van der Waals surface area (Å²) >= 11 is 1.14. The Bertz CT molecular complexity index is 909. The van der Waals surface area contributed by atoms with Gasteiger partial charge in [0.25, 0.3) is 5.91 Å². The fraction of sp³-hybridized carbons (Fsp3) is 0.389. The molecule has 0 spiro atoms. The Morgan fingerprint density at radius 3 is 2.61 bits per heavy atom. The van der Waals surface area contributed by atoms with Crippen LogP contribution in [0.4, 0.5) is 14.7 Å². The summed E-state index contributed by atoms with van der Waals surface area (Å²) in [6, 6.07) is 8.87. The van der Waals surface area contributed by atoms with Gasteiger partial charge in [0.05, 0.1) is 0 Å². The number of anilines is 1. The van der Waals surface area contributed by atoms with Crippen molar-refractivity contribution in [1.29, 1.82) is 0 Å². The third-order valence-electron chi connectivity index (χ3n) is 5.34. The van der Waals surface area contributed by atoms with Crippen molar-refractivity contribution in [3.05, 3.63) is 30.3 Å². The fourth-order valence-corrected chi connectivity index (χ4v) is 4.23. The highest BCUT2D eigenvalue weighted by atomic mass is 32.1. The lowest BCUT2D eigenvalue weighted by Gasteiger charge is -2.38. The van der Waals surface area contributed by atoms with Crippen LogP contribution in [0.5, 0.6) is 0 Å². The summed E-state index contributed by atoms with van der Waals surface area (Å²) in [4.78, 5) is 42.1. The zero-order valence-corrected chi connectivity index (χ0v) is 16.1. The molecule has 146 valence electrons. The van der Waals surface area contributed by atoms with Crippen molar-refractivity contribution in [3.8, 4) is 11.4 Å². The molecule has 3 N–H and O–H groups in total. The number of hydrogen-bond donors (Lipinski definition) is 3. The van der Waals surface area contributed by atoms with Crippen LogP contribution in [-0.2, 0) is 4.79 Å². The van der Waals surface area contributed by atoms with E-state index in [-0.39, 0.29) is 17.9 Å². The highest BCUT2D eigenvalue weighted by Gasteiger charge is 2.48. The lowest BCUT2D eigenvalue weighted by Crippen LogP contribution is -2.54. The Labute approximate surface area is 165 Å². The lowest BCUT2D eigenvalue weighted by atomic mass is 9.79. The van der Waals surface area contributed by atoms with E-state index in [9.17, 15) is 14.4 Å². The molecule has 2 saturated heterocycles. The van der Waals surface area contributed by atoms with Crippen molar-refractivity contribution >= 4 is 34.6 Å². The number of piperidine rings is 1. The molecule has 1 aromatic carbocycles. The van der Waals surface area contributed by atoms with Crippen LogP contribution in [0.3, 0.4) is 0 Å². The number of nitrogens with zero attached hydrogens (tertiary/aromatic N) is 3. The SMILES string of the molecule is C[C@@]1(C2CCN(C(=O)Nc3nc(-c4ccccc4)ns3)CC2)NC(=O)NC1=O. The molecule has 5 amide bonds. The standard InChI is InChI=1S/C18H20N6O3S/c1-18(14(25)20-15(26)22-18)12-7-9-24(10-8-12)17(27)21-16-19-13(23-28-16)11-5-3-2-4-6-11/h2-6,12H,7-10H2,1H3,(H,19,21,23,27)(H2,20,22,25,26)/t18-/m0/s1. The monoisotopic (exact) mass is 400 g/mol. The summed E-state index contributed by atoms with van der Waals surface area (Å²) in [5, 5.41) is 8.25. The van der Waals surface area contributed by atoms with E-state index in [2.05, 4.69) is 25.3 Å². The quantitative estimate of drug-likeness (QED) is 0.682. The van der Waals surface area contributed by atoms with Crippen molar-refractivity contribution < 1.29 is 14.4 Å². The number of likely N-dealkylation sites (tertiary alicyclic amines) is 1. The average molecular weight is 400 g/mol. The molecule has 9 nitrogen and oxygen atoms in total. The largest absolute Gasteiger partial charge is 0.324 e. The predicted octanol–water partition coefficient (Wildman–Crippen LogP) is 2.05. The van der Waals surface area contributed by atoms with Crippen molar-refractivity contribution in [2.24, 2.45) is 5.92 Å². The first-order valence-corrected chi connectivity index (χ1v) is 9.82. The normalized spacial score (nSPS) is 22.7. The van der Waals surface area contributed by atoms with Gasteiger partial charge in [-0.25, -0.2) is 9.59 Å². The van der Waals surface area contributed by atoms with E-state index in [4.69, 9.17) is 0 Å². The second kappa shape index (κ2) is 7.19. The molecule has 2 aliphatic rings. The first-order valence-electron chi connectivity index (χ1n) is 9.04. The van der Waals surface area contributed by atoms with Crippen molar-refractivity contribution in [1.82, 2.24) is 24.9 Å². The van der Waals surface area contributed by atoms with Crippen LogP contribution >= 0.6 is 11.5 Å². The van der Waals surface area contributed by atoms with Gasteiger partial charge in [0.15, 0.2) is 5.82 Å². The molecule has 0 bridgehead atoms. The second-order valence-corrected chi connectivity index (χ2v) is 7.84. The van der Waals surface area contributed by atoms with E-state index < -0.39 is 11.6 Å². The Morgan fingerprint density at radius 1 is 1.25 bits per heavy atom. The highest BCUT2D eigenvalue weighted by molar-refractivity contribution is 7.10. The number of urea groups is 2. The topological polar surface area (TPSA) is 116 Å². The van der Waals surface area contributed by atoms with Gasteiger partial charge in [-0.2, -0.15) is 9.36 Å². The van der Waals surface area contributed by atoms with Gasteiger partial charge in [0, 0.05) is 30.2 Å². The molecule has 0 unspecified atom stereocenters. The number of hydrogen-bond acceptors (Lipinski definition) is 6. The molecule has 0 aliphatic carbocycles. The number of imide groups is 1. The summed E-state index contributed by atoms with van der Waals surface area (Å²) in [5.41, 5.74) is -0.0195. The van der Waals surface area contributed by atoms with E-state index in [1.807, 2.05) is 30.3 Å². The van der Waals surface area contributed by atoms with Gasteiger partial charge in [-0.15, -0.1) is 0 Å². The highest BCUT2D eigenvalue weighted by Crippen LogP contribution is 2.31. The third-order valence-corrected chi connectivity index (χ3v) is 5.97. The van der Waals surface area contributed by atoms with E-state index in [0.29, 0.717) is 36.9 Å².